The minimum absolute atomic E-state index is 0.101. The Bertz CT molecular complexity index is 1160. The van der Waals surface area contributed by atoms with Crippen molar-refractivity contribution < 1.29 is 14.3 Å². The molecule has 3 aromatic heterocycles. The highest BCUT2D eigenvalue weighted by Gasteiger charge is 2.28. The molecule has 34 heavy (non-hydrogen) atoms. The number of nitrogens with one attached hydrogen (secondary N) is 1. The first-order valence-corrected chi connectivity index (χ1v) is 12.5. The number of methoxy groups -OCH3 is 1. The van der Waals surface area contributed by atoms with E-state index in [4.69, 9.17) is 21.3 Å². The molecule has 0 saturated carbocycles. The van der Waals surface area contributed by atoms with Crippen molar-refractivity contribution in [2.75, 3.05) is 26.7 Å². The fourth-order valence-electron chi connectivity index (χ4n) is 4.17. The maximum Gasteiger partial charge on any atom is 0.254 e. The van der Waals surface area contributed by atoms with Crippen LogP contribution in [0.15, 0.2) is 41.8 Å². The predicted octanol–water partition coefficient (Wildman–Crippen LogP) is 4.50. The fraction of sp³-hybridized carbons (Fsp3) is 0.360. The summed E-state index contributed by atoms with van der Waals surface area (Å²) < 4.78 is 5.13. The van der Waals surface area contributed by atoms with Crippen LogP contribution in [0.25, 0.3) is 0 Å². The summed E-state index contributed by atoms with van der Waals surface area (Å²) in [5.41, 5.74) is 2.76. The summed E-state index contributed by atoms with van der Waals surface area (Å²) in [5.74, 6) is 0.211. The molecular weight excluding hydrogens is 472 g/mol. The number of aryl methyl sites for hydroxylation is 1. The van der Waals surface area contributed by atoms with Crippen LogP contribution in [0.5, 0.6) is 5.88 Å². The largest absolute Gasteiger partial charge is 0.481 e. The van der Waals surface area contributed by atoms with Crippen molar-refractivity contribution in [3.63, 3.8) is 0 Å². The van der Waals surface area contributed by atoms with Crippen LogP contribution in [0.4, 0.5) is 0 Å². The number of aromatic nitrogens is 2. The van der Waals surface area contributed by atoms with E-state index in [9.17, 15) is 9.59 Å². The number of halogens is 1. The number of nitrogens with zero attached hydrogens (tertiary/aromatic N) is 3. The predicted molar refractivity (Wildman–Crippen MR) is 133 cm³/mol. The van der Waals surface area contributed by atoms with Gasteiger partial charge in [0.2, 0.25) is 5.88 Å². The minimum Gasteiger partial charge on any atom is -0.481 e. The number of ether oxygens (including phenoxy) is 1. The molecule has 1 aliphatic heterocycles. The topological polar surface area (TPSA) is 84.4 Å². The van der Waals surface area contributed by atoms with E-state index in [2.05, 4.69) is 16.4 Å². The zero-order valence-electron chi connectivity index (χ0n) is 19.2. The number of carbonyl (C=O) groups excluding carboxylic acids is 2. The van der Waals surface area contributed by atoms with Gasteiger partial charge >= 0.3 is 0 Å². The highest BCUT2D eigenvalue weighted by molar-refractivity contribution is 7.09. The average molecular weight is 499 g/mol. The number of pyridine rings is 2. The van der Waals surface area contributed by atoms with Crippen LogP contribution in [0, 0.1) is 6.92 Å². The Morgan fingerprint density at radius 2 is 2.00 bits per heavy atom. The van der Waals surface area contributed by atoms with Gasteiger partial charge in [0.1, 0.15) is 5.15 Å². The molecule has 0 aliphatic carbocycles. The molecule has 3 aromatic rings. The van der Waals surface area contributed by atoms with Crippen LogP contribution >= 0.6 is 22.9 Å². The highest BCUT2D eigenvalue weighted by atomic mass is 35.5. The van der Waals surface area contributed by atoms with Gasteiger partial charge in [-0.1, -0.05) is 17.7 Å². The molecule has 1 N–H and O–H groups in total. The zero-order chi connectivity index (χ0) is 24.1. The lowest BCUT2D eigenvalue weighted by atomic mass is 9.89. The number of likely N-dealkylation sites (tertiary alicyclic amines) is 1. The fourth-order valence-corrected chi connectivity index (χ4v) is 5.08. The quantitative estimate of drug-likeness (QED) is 0.485. The number of hydrogen-bond acceptors (Lipinski definition) is 6. The van der Waals surface area contributed by atoms with E-state index in [1.54, 1.807) is 28.4 Å². The monoisotopic (exact) mass is 498 g/mol. The van der Waals surface area contributed by atoms with Gasteiger partial charge in [0.15, 0.2) is 0 Å². The lowest BCUT2D eigenvalue weighted by molar-refractivity contribution is 0.0710. The van der Waals surface area contributed by atoms with Gasteiger partial charge in [0.25, 0.3) is 11.8 Å². The average Bonchev–Trinajstić information content (AvgIpc) is 3.36. The van der Waals surface area contributed by atoms with Crippen molar-refractivity contribution in [3.05, 3.63) is 74.3 Å². The van der Waals surface area contributed by atoms with Crippen LogP contribution < -0.4 is 10.1 Å². The van der Waals surface area contributed by atoms with Crippen molar-refractivity contribution in [1.82, 2.24) is 20.2 Å². The van der Waals surface area contributed by atoms with E-state index < -0.39 is 0 Å². The second-order valence-electron chi connectivity index (χ2n) is 8.26. The normalized spacial score (nSPS) is 14.1. The van der Waals surface area contributed by atoms with Gasteiger partial charge in [-0.25, -0.2) is 4.98 Å². The lowest BCUT2D eigenvalue weighted by Gasteiger charge is -2.32. The molecule has 7 nitrogen and oxygen atoms in total. The summed E-state index contributed by atoms with van der Waals surface area (Å²) in [6.07, 6.45) is 2.27. The van der Waals surface area contributed by atoms with Gasteiger partial charge in [-0.3, -0.25) is 14.6 Å². The molecular formula is C25H27ClN4O3S. The summed E-state index contributed by atoms with van der Waals surface area (Å²) >= 11 is 7.72. The van der Waals surface area contributed by atoms with Gasteiger partial charge in [-0.15, -0.1) is 11.3 Å². The van der Waals surface area contributed by atoms with Crippen LogP contribution in [0.3, 0.4) is 0 Å². The Kier molecular flexibility index (Phi) is 7.80. The van der Waals surface area contributed by atoms with Gasteiger partial charge in [-0.2, -0.15) is 0 Å². The lowest BCUT2D eigenvalue weighted by Crippen LogP contribution is -2.38. The number of rotatable bonds is 7. The van der Waals surface area contributed by atoms with E-state index >= 15 is 0 Å². The van der Waals surface area contributed by atoms with Crippen molar-refractivity contribution in [1.29, 1.82) is 0 Å². The van der Waals surface area contributed by atoms with Gasteiger partial charge in [0, 0.05) is 47.8 Å². The van der Waals surface area contributed by atoms with E-state index in [1.165, 1.54) is 12.0 Å². The molecule has 0 aromatic carbocycles. The maximum absolute atomic E-state index is 13.0. The maximum atomic E-state index is 13.0. The number of amides is 2. The molecule has 1 aliphatic rings. The number of thiophene rings is 1. The van der Waals surface area contributed by atoms with Crippen LogP contribution in [0.2, 0.25) is 5.15 Å². The highest BCUT2D eigenvalue weighted by Crippen LogP contribution is 2.30. The van der Waals surface area contributed by atoms with E-state index in [0.29, 0.717) is 36.6 Å². The van der Waals surface area contributed by atoms with E-state index in [-0.39, 0.29) is 22.9 Å². The molecule has 0 radical (unpaired) electrons. The summed E-state index contributed by atoms with van der Waals surface area (Å²) in [4.78, 5) is 37.8. The Hall–Kier alpha value is -2.97. The summed E-state index contributed by atoms with van der Waals surface area (Å²) in [5, 5.41) is 5.29. The third-order valence-corrected chi connectivity index (χ3v) is 7.07. The molecule has 0 spiro atoms. The second kappa shape index (κ2) is 11.0. The Morgan fingerprint density at radius 3 is 2.71 bits per heavy atom. The molecule has 9 heteroatoms. The molecule has 0 atom stereocenters. The van der Waals surface area contributed by atoms with Gasteiger partial charge in [0.05, 0.1) is 18.4 Å². The first kappa shape index (κ1) is 24.2. The molecule has 178 valence electrons. The summed E-state index contributed by atoms with van der Waals surface area (Å²) in [7, 11) is 1.49. The van der Waals surface area contributed by atoms with Crippen molar-refractivity contribution in [2.24, 2.45) is 0 Å². The third-order valence-electron chi connectivity index (χ3n) is 5.94. The molecule has 4 rings (SSSR count). The second-order valence-corrected chi connectivity index (χ2v) is 9.68. The SMILES string of the molecule is COc1cc(C(=O)N2CCC(c3nc(C)ccc3C(=O)NCCc3cccs3)CC2)cc(Cl)n1. The first-order valence-electron chi connectivity index (χ1n) is 11.2. The van der Waals surface area contributed by atoms with Crippen molar-refractivity contribution in [3.8, 4) is 5.88 Å². The number of carbonyl (C=O) groups is 2. The molecule has 0 bridgehead atoms. The number of hydrogen-bond donors (Lipinski definition) is 1. The first-order chi connectivity index (χ1) is 16.4. The molecule has 1 fully saturated rings. The molecule has 2 amide bonds. The van der Waals surface area contributed by atoms with Crippen LogP contribution in [-0.4, -0.2) is 53.4 Å². The Labute approximate surface area is 208 Å². The standard InChI is InChI=1S/C25H27ClN4O3S/c1-16-5-6-20(24(31)27-10-7-19-4-3-13-34-19)23(28-16)17-8-11-30(12-9-17)25(32)18-14-21(26)29-22(15-18)33-2/h3-6,13-15,17H,7-12H2,1-2H3,(H,27,31). The Morgan fingerprint density at radius 1 is 1.21 bits per heavy atom. The molecule has 1 saturated heterocycles. The Balaban J connectivity index is 1.41. The summed E-state index contributed by atoms with van der Waals surface area (Å²) in [6, 6.07) is 11.0. The van der Waals surface area contributed by atoms with Gasteiger partial charge < -0.3 is 15.0 Å². The van der Waals surface area contributed by atoms with Crippen LogP contribution in [-0.2, 0) is 6.42 Å². The summed E-state index contributed by atoms with van der Waals surface area (Å²) in [6.45, 7) is 3.65. The molecule has 0 unspecified atom stereocenters. The van der Waals surface area contributed by atoms with Crippen molar-refractivity contribution in [2.45, 2.75) is 32.1 Å². The minimum atomic E-state index is -0.107. The van der Waals surface area contributed by atoms with E-state index in [0.717, 1.165) is 30.7 Å². The zero-order valence-corrected chi connectivity index (χ0v) is 20.8. The van der Waals surface area contributed by atoms with Crippen molar-refractivity contribution >= 4 is 34.8 Å². The van der Waals surface area contributed by atoms with E-state index in [1.807, 2.05) is 30.5 Å². The van der Waals surface area contributed by atoms with Crippen LogP contribution in [0.1, 0.15) is 55.7 Å². The smallest absolute Gasteiger partial charge is 0.254 e. The van der Waals surface area contributed by atoms with Gasteiger partial charge in [-0.05, 0) is 55.8 Å². The number of piperidine rings is 1. The third kappa shape index (κ3) is 5.74. The molecule has 4 heterocycles.